The molecule has 2 aromatic carbocycles. The molecule has 8 heteroatoms. The number of thioether (sulfide) groups is 1. The van der Waals surface area contributed by atoms with E-state index in [1.165, 1.54) is 16.7 Å². The van der Waals surface area contributed by atoms with Gasteiger partial charge in [-0.2, -0.15) is 0 Å². The molecule has 0 unspecified atom stereocenters. The number of carbonyl (C=O) groups excluding carboxylic acids is 2. The van der Waals surface area contributed by atoms with Gasteiger partial charge in [0.1, 0.15) is 11.0 Å². The Kier molecular flexibility index (Phi) is 4.56. The van der Waals surface area contributed by atoms with Crippen molar-refractivity contribution in [3.05, 3.63) is 74.2 Å². The molecule has 152 valence electrons. The molecule has 6 nitrogen and oxygen atoms in total. The summed E-state index contributed by atoms with van der Waals surface area (Å²) in [5.41, 5.74) is 2.52. The van der Waals surface area contributed by atoms with Gasteiger partial charge in [-0.05, 0) is 36.8 Å². The molecule has 0 aliphatic carbocycles. The first-order valence-electron chi connectivity index (χ1n) is 9.46. The quantitative estimate of drug-likeness (QED) is 0.633. The Morgan fingerprint density at radius 1 is 0.967 bits per heavy atom. The maximum Gasteiger partial charge on any atom is 0.305 e. The minimum atomic E-state index is -0.580. The van der Waals surface area contributed by atoms with E-state index in [1.54, 1.807) is 19.2 Å². The minimum absolute atomic E-state index is 0.179. The van der Waals surface area contributed by atoms with Crippen LogP contribution in [0.3, 0.4) is 0 Å². The lowest BCUT2D eigenvalue weighted by molar-refractivity contribution is -0.122. The fraction of sp³-hybridized carbons (Fsp3) is 0.227. The zero-order chi connectivity index (χ0) is 21.0. The average molecular weight is 439 g/mol. The highest BCUT2D eigenvalue weighted by atomic mass is 32.2. The van der Waals surface area contributed by atoms with Gasteiger partial charge in [0.15, 0.2) is 0 Å². The molecule has 3 heterocycles. The number of ether oxygens (including phenoxy) is 1. The first-order chi connectivity index (χ1) is 14.5. The Bertz CT molecular complexity index is 1200. The maximum atomic E-state index is 13.5. The molecule has 1 aromatic heterocycles. The molecule has 0 saturated carbocycles. The van der Waals surface area contributed by atoms with Gasteiger partial charge in [-0.25, -0.2) is 4.90 Å². The summed E-state index contributed by atoms with van der Waals surface area (Å²) in [7, 11) is 1.59. The van der Waals surface area contributed by atoms with E-state index in [4.69, 9.17) is 4.74 Å². The number of nitrogens with zero attached hydrogens (tertiary/aromatic N) is 1. The molecule has 1 N–H and O–H groups in total. The number of amides is 2. The zero-order valence-electron chi connectivity index (χ0n) is 16.2. The number of anilines is 1. The SMILES string of the molecule is COc1ccc([C@@H]2c3sc(=O)[nH]c3S[C@@H]3C(=O)N(c4ccc(C)cc4)C(=O)[C@H]23)cc1. The molecule has 0 spiro atoms. The average Bonchev–Trinajstić information content (AvgIpc) is 3.24. The van der Waals surface area contributed by atoms with Crippen LogP contribution >= 0.6 is 23.1 Å². The van der Waals surface area contributed by atoms with E-state index in [0.29, 0.717) is 16.5 Å². The lowest BCUT2D eigenvalue weighted by Crippen LogP contribution is -2.32. The van der Waals surface area contributed by atoms with Crippen molar-refractivity contribution < 1.29 is 14.3 Å². The Balaban J connectivity index is 1.63. The number of H-pyrrole nitrogens is 1. The van der Waals surface area contributed by atoms with Crippen molar-refractivity contribution in [3.63, 3.8) is 0 Å². The largest absolute Gasteiger partial charge is 0.497 e. The predicted molar refractivity (Wildman–Crippen MR) is 117 cm³/mol. The number of aryl methyl sites for hydroxylation is 1. The highest BCUT2D eigenvalue weighted by Gasteiger charge is 2.56. The van der Waals surface area contributed by atoms with Gasteiger partial charge < -0.3 is 9.72 Å². The van der Waals surface area contributed by atoms with Crippen LogP contribution in [0, 0.1) is 12.8 Å². The molecular weight excluding hydrogens is 420 g/mol. The van der Waals surface area contributed by atoms with Gasteiger partial charge >= 0.3 is 4.87 Å². The summed E-state index contributed by atoms with van der Waals surface area (Å²) >= 11 is 2.40. The van der Waals surface area contributed by atoms with Gasteiger partial charge in [0.05, 0.1) is 23.7 Å². The van der Waals surface area contributed by atoms with Gasteiger partial charge in [-0.15, -0.1) is 0 Å². The number of carbonyl (C=O) groups is 2. The fourth-order valence-electron chi connectivity index (χ4n) is 4.14. The Hall–Kier alpha value is -2.84. The number of thiazole rings is 1. The molecule has 30 heavy (non-hydrogen) atoms. The van der Waals surface area contributed by atoms with E-state index < -0.39 is 11.2 Å². The minimum Gasteiger partial charge on any atom is -0.497 e. The zero-order valence-corrected chi connectivity index (χ0v) is 17.9. The summed E-state index contributed by atoms with van der Waals surface area (Å²) in [6.07, 6.45) is 0. The van der Waals surface area contributed by atoms with Gasteiger partial charge in [0.2, 0.25) is 11.8 Å². The van der Waals surface area contributed by atoms with Crippen molar-refractivity contribution in [2.75, 3.05) is 12.0 Å². The Morgan fingerprint density at radius 2 is 1.67 bits per heavy atom. The van der Waals surface area contributed by atoms with Crippen LogP contribution in [0.4, 0.5) is 5.69 Å². The van der Waals surface area contributed by atoms with Crippen molar-refractivity contribution in [3.8, 4) is 5.75 Å². The number of methoxy groups -OCH3 is 1. The van der Waals surface area contributed by atoms with E-state index in [2.05, 4.69) is 4.98 Å². The van der Waals surface area contributed by atoms with Crippen LogP contribution in [0.1, 0.15) is 21.9 Å². The summed E-state index contributed by atoms with van der Waals surface area (Å²) in [5.74, 6) is -0.703. The molecule has 2 amide bonds. The second-order valence-electron chi connectivity index (χ2n) is 7.37. The molecule has 3 aromatic rings. The first kappa shape index (κ1) is 19.1. The summed E-state index contributed by atoms with van der Waals surface area (Å²) in [5, 5.41) is 0.0997. The normalized spacial score (nSPS) is 22.7. The molecular formula is C22H18N2O4S2. The Morgan fingerprint density at radius 3 is 2.33 bits per heavy atom. The van der Waals surface area contributed by atoms with Crippen molar-refractivity contribution in [2.24, 2.45) is 5.92 Å². The molecule has 1 saturated heterocycles. The first-order valence-corrected chi connectivity index (χ1v) is 11.2. The topological polar surface area (TPSA) is 79.5 Å². The lowest BCUT2D eigenvalue weighted by atomic mass is 9.83. The highest BCUT2D eigenvalue weighted by Crippen LogP contribution is 2.53. The number of nitrogens with one attached hydrogen (secondary N) is 1. The molecule has 1 fully saturated rings. The van der Waals surface area contributed by atoms with Crippen LogP contribution in [0.5, 0.6) is 5.75 Å². The Labute approximate surface area is 180 Å². The number of benzene rings is 2. The monoisotopic (exact) mass is 438 g/mol. The van der Waals surface area contributed by atoms with Crippen molar-refractivity contribution in [2.45, 2.75) is 23.1 Å². The third-order valence-corrected chi connectivity index (χ3v) is 7.99. The number of imide groups is 1. The van der Waals surface area contributed by atoms with E-state index >= 15 is 0 Å². The number of rotatable bonds is 3. The fourth-order valence-corrected chi connectivity index (χ4v) is 6.65. The smallest absolute Gasteiger partial charge is 0.305 e. The molecule has 3 atom stereocenters. The van der Waals surface area contributed by atoms with E-state index in [-0.39, 0.29) is 22.6 Å². The van der Waals surface area contributed by atoms with Crippen LogP contribution in [-0.2, 0) is 9.59 Å². The van der Waals surface area contributed by atoms with Crippen LogP contribution in [0.25, 0.3) is 0 Å². The van der Waals surface area contributed by atoms with Crippen LogP contribution in [0.15, 0.2) is 58.4 Å². The van der Waals surface area contributed by atoms with Crippen molar-refractivity contribution >= 4 is 40.6 Å². The second kappa shape index (κ2) is 7.14. The van der Waals surface area contributed by atoms with Gasteiger partial charge in [-0.1, -0.05) is 52.9 Å². The number of aromatic amines is 1. The van der Waals surface area contributed by atoms with Crippen LogP contribution < -0.4 is 14.5 Å². The third kappa shape index (κ3) is 2.90. The van der Waals surface area contributed by atoms with Crippen molar-refractivity contribution in [1.29, 1.82) is 0 Å². The number of aromatic nitrogens is 1. The summed E-state index contributed by atoms with van der Waals surface area (Å²) in [6.45, 7) is 1.96. The molecule has 0 bridgehead atoms. The summed E-state index contributed by atoms with van der Waals surface area (Å²) in [6, 6.07) is 14.8. The third-order valence-electron chi connectivity index (χ3n) is 5.59. The van der Waals surface area contributed by atoms with Crippen LogP contribution in [-0.4, -0.2) is 29.2 Å². The molecule has 2 aliphatic heterocycles. The molecule has 2 aliphatic rings. The maximum absolute atomic E-state index is 13.5. The summed E-state index contributed by atoms with van der Waals surface area (Å²) < 4.78 is 5.25. The second-order valence-corrected chi connectivity index (χ2v) is 9.54. The number of fused-ring (bicyclic) bond motifs is 2. The van der Waals surface area contributed by atoms with E-state index in [0.717, 1.165) is 27.3 Å². The molecule has 5 rings (SSSR count). The van der Waals surface area contributed by atoms with Gasteiger partial charge in [0, 0.05) is 10.8 Å². The van der Waals surface area contributed by atoms with E-state index in [1.807, 2.05) is 43.3 Å². The predicted octanol–water partition coefficient (Wildman–Crippen LogP) is 3.55. The summed E-state index contributed by atoms with van der Waals surface area (Å²) in [4.78, 5) is 43.7. The van der Waals surface area contributed by atoms with Gasteiger partial charge in [0.25, 0.3) is 0 Å². The number of hydrogen-bond donors (Lipinski definition) is 1. The number of hydrogen-bond acceptors (Lipinski definition) is 6. The van der Waals surface area contributed by atoms with Crippen LogP contribution in [0.2, 0.25) is 0 Å². The lowest BCUT2D eigenvalue weighted by Gasteiger charge is -2.29. The van der Waals surface area contributed by atoms with Gasteiger partial charge in [-0.3, -0.25) is 14.4 Å². The highest BCUT2D eigenvalue weighted by molar-refractivity contribution is 8.00. The standard InChI is InChI=1S/C22H18N2O4S2/c1-11-3-7-13(8-4-11)24-20(25)16-15(12-5-9-14(28-2)10-6-12)17-19(23-22(27)30-17)29-18(16)21(24)26/h3-10,15-16,18H,1-2H3,(H,23,27)/t15-,16+,18-/m0/s1. The van der Waals surface area contributed by atoms with E-state index in [9.17, 15) is 14.4 Å². The van der Waals surface area contributed by atoms with Crippen molar-refractivity contribution in [1.82, 2.24) is 4.98 Å². The molecule has 0 radical (unpaired) electrons.